The molecule has 0 bridgehead atoms. The smallest absolute Gasteiger partial charge is 0.236 e. The molecule has 0 radical (unpaired) electrons. The zero-order valence-corrected chi connectivity index (χ0v) is 18.3. The lowest BCUT2D eigenvalue weighted by atomic mass is 10.0. The maximum absolute atomic E-state index is 2.31. The molecule has 0 atom stereocenters. The van der Waals surface area contributed by atoms with E-state index in [0.29, 0.717) is 0 Å². The van der Waals surface area contributed by atoms with Gasteiger partial charge in [0.25, 0.3) is 0 Å². The molecule has 0 N–H and O–H groups in total. The third-order valence-electron chi connectivity index (χ3n) is 5.77. The topological polar surface area (TPSA) is 8.81 Å². The molecule has 0 aliphatic rings. The molecule has 2 heteroatoms. The fraction of sp³-hybridized carbons (Fsp3) is 0.654. The minimum Gasteiger partial charge on any atom is -0.236 e. The van der Waals surface area contributed by atoms with Crippen molar-refractivity contribution in [3.05, 3.63) is 49.1 Å². The monoisotopic (exact) mass is 383 g/mol. The van der Waals surface area contributed by atoms with Crippen LogP contribution in [0.25, 0.3) is 5.69 Å². The largest absolute Gasteiger partial charge is 0.248 e. The van der Waals surface area contributed by atoms with Crippen LogP contribution in [0.2, 0.25) is 0 Å². The molecule has 1 aromatic heterocycles. The molecule has 0 aliphatic heterocycles. The number of benzene rings is 1. The molecule has 2 rings (SSSR count). The van der Waals surface area contributed by atoms with Gasteiger partial charge in [-0.2, -0.15) is 0 Å². The first kappa shape index (κ1) is 22.7. The maximum atomic E-state index is 2.31. The van der Waals surface area contributed by atoms with Crippen LogP contribution in [0.4, 0.5) is 0 Å². The highest BCUT2D eigenvalue weighted by molar-refractivity contribution is 5.30. The van der Waals surface area contributed by atoms with Gasteiger partial charge >= 0.3 is 0 Å². The predicted octanol–water partition coefficient (Wildman–Crippen LogP) is 7.64. The van der Waals surface area contributed by atoms with E-state index in [1.165, 1.54) is 102 Å². The van der Waals surface area contributed by atoms with E-state index in [1.807, 2.05) is 0 Å². The van der Waals surface area contributed by atoms with Gasteiger partial charge in [-0.05, 0) is 25.0 Å². The molecule has 0 saturated heterocycles. The zero-order chi connectivity index (χ0) is 19.7. The van der Waals surface area contributed by atoms with E-state index < -0.39 is 0 Å². The Morgan fingerprint density at radius 3 is 1.68 bits per heavy atom. The summed E-state index contributed by atoms with van der Waals surface area (Å²) >= 11 is 0. The van der Waals surface area contributed by atoms with E-state index in [-0.39, 0.29) is 0 Å². The number of imidazole rings is 1. The molecular weight excluding hydrogens is 340 g/mol. The Kier molecular flexibility index (Phi) is 12.5. The first-order valence-corrected chi connectivity index (χ1v) is 12.0. The van der Waals surface area contributed by atoms with Gasteiger partial charge < -0.3 is 0 Å². The molecule has 0 spiro atoms. The molecule has 28 heavy (non-hydrogen) atoms. The molecule has 0 aliphatic carbocycles. The minimum absolute atomic E-state index is 1.14. The Balaban J connectivity index is 1.37. The van der Waals surface area contributed by atoms with Crippen molar-refractivity contribution in [2.24, 2.45) is 0 Å². The maximum Gasteiger partial charge on any atom is 0.248 e. The van der Waals surface area contributed by atoms with Gasteiger partial charge in [-0.25, -0.2) is 9.13 Å². The van der Waals surface area contributed by atoms with Crippen molar-refractivity contribution in [2.45, 2.75) is 110 Å². The molecule has 1 heterocycles. The zero-order valence-electron chi connectivity index (χ0n) is 18.3. The highest BCUT2D eigenvalue weighted by Gasteiger charge is 2.05. The Hall–Kier alpha value is -1.57. The van der Waals surface area contributed by atoms with Crippen molar-refractivity contribution < 1.29 is 4.57 Å². The van der Waals surface area contributed by atoms with E-state index in [4.69, 9.17) is 0 Å². The summed E-state index contributed by atoms with van der Waals surface area (Å²) in [6.07, 6.45) is 27.9. The van der Waals surface area contributed by atoms with E-state index in [9.17, 15) is 0 Å². The van der Waals surface area contributed by atoms with Crippen LogP contribution < -0.4 is 4.57 Å². The number of aryl methyl sites for hydroxylation is 1. The summed E-state index contributed by atoms with van der Waals surface area (Å²) in [5.74, 6) is 0. The second kappa shape index (κ2) is 15.4. The summed E-state index contributed by atoms with van der Waals surface area (Å²) in [6.45, 7) is 3.43. The van der Waals surface area contributed by atoms with Gasteiger partial charge in [0.1, 0.15) is 18.1 Å². The van der Waals surface area contributed by atoms with Crippen molar-refractivity contribution in [3.63, 3.8) is 0 Å². The minimum atomic E-state index is 1.14. The van der Waals surface area contributed by atoms with E-state index in [0.717, 1.165) is 6.54 Å². The number of hydrogen-bond donors (Lipinski definition) is 0. The Bertz CT molecular complexity index is 587. The van der Waals surface area contributed by atoms with Crippen LogP contribution in [0, 0.1) is 0 Å². The highest BCUT2D eigenvalue weighted by Crippen LogP contribution is 2.13. The van der Waals surface area contributed by atoms with Gasteiger partial charge in [0.2, 0.25) is 6.33 Å². The van der Waals surface area contributed by atoms with Crippen LogP contribution in [-0.2, 0) is 6.54 Å². The summed E-state index contributed by atoms with van der Waals surface area (Å²) in [7, 11) is 0. The fourth-order valence-corrected chi connectivity index (χ4v) is 3.95. The average molecular weight is 384 g/mol. The predicted molar refractivity (Wildman–Crippen MR) is 121 cm³/mol. The van der Waals surface area contributed by atoms with Crippen molar-refractivity contribution in [1.29, 1.82) is 0 Å². The standard InChI is InChI=1S/C26H43N2/c1-2-3-4-5-6-7-8-9-10-11-12-13-14-15-19-22-27-23-24-28(25-27)26-20-17-16-18-21-26/h16-18,20-21,23-25H,2-15,19,22H2,1H3/q+1. The summed E-state index contributed by atoms with van der Waals surface area (Å²) in [5.41, 5.74) is 1.23. The first-order chi connectivity index (χ1) is 13.9. The molecule has 2 aromatic rings. The van der Waals surface area contributed by atoms with Crippen LogP contribution in [0.5, 0.6) is 0 Å². The molecule has 0 fully saturated rings. The van der Waals surface area contributed by atoms with Gasteiger partial charge in [0.05, 0.1) is 6.54 Å². The number of nitrogens with zero attached hydrogens (tertiary/aromatic N) is 2. The number of unbranched alkanes of at least 4 members (excludes halogenated alkanes) is 14. The van der Waals surface area contributed by atoms with E-state index in [1.54, 1.807) is 0 Å². The van der Waals surface area contributed by atoms with E-state index >= 15 is 0 Å². The third kappa shape index (κ3) is 10.1. The van der Waals surface area contributed by atoms with Crippen LogP contribution in [0.15, 0.2) is 49.1 Å². The Labute approximate surface area is 174 Å². The quantitative estimate of drug-likeness (QED) is 0.196. The molecule has 1 aromatic carbocycles. The van der Waals surface area contributed by atoms with Crippen LogP contribution in [0.1, 0.15) is 103 Å². The summed E-state index contributed by atoms with van der Waals surface area (Å²) in [5, 5.41) is 0. The fourth-order valence-electron chi connectivity index (χ4n) is 3.95. The summed E-state index contributed by atoms with van der Waals surface area (Å²) in [6, 6.07) is 10.6. The van der Waals surface area contributed by atoms with Crippen molar-refractivity contribution in [2.75, 3.05) is 0 Å². The van der Waals surface area contributed by atoms with Crippen LogP contribution in [-0.4, -0.2) is 4.57 Å². The second-order valence-corrected chi connectivity index (χ2v) is 8.34. The first-order valence-electron chi connectivity index (χ1n) is 12.0. The normalized spacial score (nSPS) is 11.2. The van der Waals surface area contributed by atoms with Gasteiger partial charge in [0.15, 0.2) is 0 Å². The number of aromatic nitrogens is 2. The van der Waals surface area contributed by atoms with Crippen LogP contribution in [0.3, 0.4) is 0 Å². The summed E-state index contributed by atoms with van der Waals surface area (Å²) in [4.78, 5) is 0. The van der Waals surface area contributed by atoms with Crippen LogP contribution >= 0.6 is 0 Å². The lowest BCUT2D eigenvalue weighted by Gasteiger charge is -2.03. The Morgan fingerprint density at radius 1 is 0.643 bits per heavy atom. The number of hydrogen-bond acceptors (Lipinski definition) is 0. The molecule has 0 amide bonds. The van der Waals surface area contributed by atoms with Gasteiger partial charge in [-0.3, -0.25) is 0 Å². The van der Waals surface area contributed by atoms with Gasteiger partial charge in [-0.1, -0.05) is 109 Å². The SMILES string of the molecule is CCCCCCCCCCCCCCCCC[n+]1ccn(-c2ccccc2)c1. The van der Waals surface area contributed by atoms with Gasteiger partial charge in [-0.15, -0.1) is 0 Å². The third-order valence-corrected chi connectivity index (χ3v) is 5.77. The number of rotatable bonds is 17. The van der Waals surface area contributed by atoms with Crippen molar-refractivity contribution in [3.8, 4) is 5.69 Å². The lowest BCUT2D eigenvalue weighted by Crippen LogP contribution is -2.30. The second-order valence-electron chi connectivity index (χ2n) is 8.34. The van der Waals surface area contributed by atoms with Crippen molar-refractivity contribution >= 4 is 0 Å². The van der Waals surface area contributed by atoms with Gasteiger partial charge in [0, 0.05) is 0 Å². The number of para-hydroxylation sites is 1. The van der Waals surface area contributed by atoms with Crippen molar-refractivity contribution in [1.82, 2.24) is 4.57 Å². The lowest BCUT2D eigenvalue weighted by molar-refractivity contribution is -0.696. The molecule has 0 unspecified atom stereocenters. The molecular formula is C26H43N2+. The average Bonchev–Trinajstić information content (AvgIpc) is 3.20. The Morgan fingerprint density at radius 2 is 1.14 bits per heavy atom. The molecule has 156 valence electrons. The summed E-state index contributed by atoms with van der Waals surface area (Å²) < 4.78 is 4.51. The molecule has 2 nitrogen and oxygen atoms in total. The van der Waals surface area contributed by atoms with E-state index in [2.05, 4.69) is 65.1 Å². The molecule has 0 saturated carbocycles. The highest BCUT2D eigenvalue weighted by atomic mass is 15.1.